The number of hydrogen-bond acceptors (Lipinski definition) is 3. The van der Waals surface area contributed by atoms with E-state index in [1.807, 2.05) is 12.1 Å². The normalized spacial score (nSPS) is 10.1. The molecule has 1 heterocycles. The number of aromatic nitrogens is 1. The molecule has 0 saturated heterocycles. The molecule has 1 N–H and O–H groups in total. The van der Waals surface area contributed by atoms with Crippen molar-refractivity contribution in [3.63, 3.8) is 0 Å². The number of ether oxygens (including phenoxy) is 1. The summed E-state index contributed by atoms with van der Waals surface area (Å²) >= 11 is 0. The molecule has 0 aromatic carbocycles. The van der Waals surface area contributed by atoms with Gasteiger partial charge in [-0.25, -0.2) is 4.98 Å². The lowest BCUT2D eigenvalue weighted by atomic mass is 10.2. The molecule has 0 spiro atoms. The van der Waals surface area contributed by atoms with Crippen molar-refractivity contribution in [3.05, 3.63) is 23.9 Å². The summed E-state index contributed by atoms with van der Waals surface area (Å²) in [4.78, 5) is 4.05. The van der Waals surface area contributed by atoms with Gasteiger partial charge >= 0.3 is 0 Å². The van der Waals surface area contributed by atoms with Gasteiger partial charge in [-0.1, -0.05) is 13.3 Å². The molecule has 0 radical (unpaired) electrons. The Morgan fingerprint density at radius 2 is 2.36 bits per heavy atom. The lowest BCUT2D eigenvalue weighted by Crippen LogP contribution is -2.14. The molecule has 0 aliphatic carbocycles. The van der Waals surface area contributed by atoms with Gasteiger partial charge in [0.25, 0.3) is 0 Å². The third-order valence-electron chi connectivity index (χ3n) is 2.04. The summed E-state index contributed by atoms with van der Waals surface area (Å²) in [6.07, 6.45) is 4.23. The van der Waals surface area contributed by atoms with Gasteiger partial charge in [-0.3, -0.25) is 0 Å². The molecule has 78 valence electrons. The Morgan fingerprint density at radius 3 is 3.07 bits per heavy atom. The second-order valence-corrected chi connectivity index (χ2v) is 3.24. The van der Waals surface area contributed by atoms with Gasteiger partial charge in [-0.2, -0.15) is 0 Å². The highest BCUT2D eigenvalue weighted by molar-refractivity contribution is 5.20. The monoisotopic (exact) mass is 194 g/mol. The van der Waals surface area contributed by atoms with Crippen LogP contribution in [0.3, 0.4) is 0 Å². The minimum absolute atomic E-state index is 0.680. The molecule has 0 amide bonds. The van der Waals surface area contributed by atoms with Crippen LogP contribution in [0.1, 0.15) is 25.3 Å². The average Bonchev–Trinajstić information content (AvgIpc) is 2.25. The predicted octanol–water partition coefficient (Wildman–Crippen LogP) is 1.98. The molecule has 0 atom stereocenters. The SMILES string of the molecule is CCCCNCc1ccnc(OC)c1. The fourth-order valence-electron chi connectivity index (χ4n) is 1.21. The molecular weight excluding hydrogens is 176 g/mol. The van der Waals surface area contributed by atoms with E-state index >= 15 is 0 Å². The van der Waals surface area contributed by atoms with Crippen molar-refractivity contribution in [3.8, 4) is 5.88 Å². The number of nitrogens with one attached hydrogen (secondary N) is 1. The van der Waals surface area contributed by atoms with Crippen LogP contribution < -0.4 is 10.1 Å². The van der Waals surface area contributed by atoms with Crippen LogP contribution in [0.15, 0.2) is 18.3 Å². The van der Waals surface area contributed by atoms with Crippen molar-refractivity contribution >= 4 is 0 Å². The van der Waals surface area contributed by atoms with E-state index in [0.29, 0.717) is 5.88 Å². The van der Waals surface area contributed by atoms with Crippen LogP contribution in [0.4, 0.5) is 0 Å². The molecule has 1 aromatic rings. The van der Waals surface area contributed by atoms with Crippen LogP contribution >= 0.6 is 0 Å². The number of methoxy groups -OCH3 is 1. The van der Waals surface area contributed by atoms with Crippen LogP contribution in [0.5, 0.6) is 5.88 Å². The molecule has 1 aromatic heterocycles. The lowest BCUT2D eigenvalue weighted by Gasteiger charge is -2.05. The Hall–Kier alpha value is -1.09. The molecule has 0 aliphatic rings. The second-order valence-electron chi connectivity index (χ2n) is 3.24. The summed E-state index contributed by atoms with van der Waals surface area (Å²) in [5.41, 5.74) is 1.22. The first-order valence-corrected chi connectivity index (χ1v) is 5.06. The van der Waals surface area contributed by atoms with E-state index in [4.69, 9.17) is 4.74 Å². The number of nitrogens with zero attached hydrogens (tertiary/aromatic N) is 1. The number of pyridine rings is 1. The van der Waals surface area contributed by atoms with Gasteiger partial charge in [0.2, 0.25) is 5.88 Å². The molecule has 3 heteroatoms. The van der Waals surface area contributed by atoms with Crippen molar-refractivity contribution < 1.29 is 4.74 Å². The average molecular weight is 194 g/mol. The van der Waals surface area contributed by atoms with Gasteiger partial charge in [0, 0.05) is 18.8 Å². The maximum absolute atomic E-state index is 5.04. The molecule has 0 aliphatic heterocycles. The smallest absolute Gasteiger partial charge is 0.213 e. The van der Waals surface area contributed by atoms with Gasteiger partial charge in [0.15, 0.2) is 0 Å². The number of unbranched alkanes of at least 4 members (excludes halogenated alkanes) is 1. The Labute approximate surface area is 85.5 Å². The standard InChI is InChI=1S/C11H18N2O/c1-3-4-6-12-9-10-5-7-13-11(8-10)14-2/h5,7-8,12H,3-4,6,9H2,1-2H3. The van der Waals surface area contributed by atoms with E-state index in [0.717, 1.165) is 13.1 Å². The third kappa shape index (κ3) is 3.75. The maximum atomic E-state index is 5.04. The van der Waals surface area contributed by atoms with E-state index in [9.17, 15) is 0 Å². The molecular formula is C11H18N2O. The van der Waals surface area contributed by atoms with Gasteiger partial charge in [-0.05, 0) is 24.6 Å². The van der Waals surface area contributed by atoms with E-state index in [1.54, 1.807) is 13.3 Å². The highest BCUT2D eigenvalue weighted by Crippen LogP contribution is 2.07. The van der Waals surface area contributed by atoms with Crippen LogP contribution in [0.25, 0.3) is 0 Å². The summed E-state index contributed by atoms with van der Waals surface area (Å²) in [5.74, 6) is 0.680. The van der Waals surface area contributed by atoms with Crippen molar-refractivity contribution in [2.75, 3.05) is 13.7 Å². The Balaban J connectivity index is 2.34. The van der Waals surface area contributed by atoms with Crippen LogP contribution in [0, 0.1) is 0 Å². The van der Waals surface area contributed by atoms with Gasteiger partial charge < -0.3 is 10.1 Å². The first-order chi connectivity index (χ1) is 6.86. The van der Waals surface area contributed by atoms with Crippen molar-refractivity contribution in [1.82, 2.24) is 10.3 Å². The predicted molar refractivity (Wildman–Crippen MR) is 57.4 cm³/mol. The molecule has 0 unspecified atom stereocenters. The van der Waals surface area contributed by atoms with Gasteiger partial charge in [0.05, 0.1) is 7.11 Å². The van der Waals surface area contributed by atoms with E-state index in [-0.39, 0.29) is 0 Å². The fraction of sp³-hybridized carbons (Fsp3) is 0.545. The molecule has 0 saturated carbocycles. The molecule has 3 nitrogen and oxygen atoms in total. The van der Waals surface area contributed by atoms with Gasteiger partial charge in [-0.15, -0.1) is 0 Å². The minimum atomic E-state index is 0.680. The summed E-state index contributed by atoms with van der Waals surface area (Å²) < 4.78 is 5.04. The lowest BCUT2D eigenvalue weighted by molar-refractivity contribution is 0.397. The van der Waals surface area contributed by atoms with Crippen LogP contribution in [-0.2, 0) is 6.54 Å². The van der Waals surface area contributed by atoms with Gasteiger partial charge in [0.1, 0.15) is 0 Å². The zero-order valence-electron chi connectivity index (χ0n) is 8.92. The summed E-state index contributed by atoms with van der Waals surface area (Å²) in [5, 5.41) is 3.37. The topological polar surface area (TPSA) is 34.2 Å². The third-order valence-corrected chi connectivity index (χ3v) is 2.04. The molecule has 0 fully saturated rings. The Bertz CT molecular complexity index is 263. The highest BCUT2D eigenvalue weighted by atomic mass is 16.5. The van der Waals surface area contributed by atoms with E-state index in [2.05, 4.69) is 17.2 Å². The molecule has 14 heavy (non-hydrogen) atoms. The molecule has 0 bridgehead atoms. The van der Waals surface area contributed by atoms with Crippen molar-refractivity contribution in [2.24, 2.45) is 0 Å². The first kappa shape index (κ1) is 11.0. The first-order valence-electron chi connectivity index (χ1n) is 5.06. The molecule has 1 rings (SSSR count). The van der Waals surface area contributed by atoms with Crippen molar-refractivity contribution in [2.45, 2.75) is 26.3 Å². The van der Waals surface area contributed by atoms with Crippen LogP contribution in [0.2, 0.25) is 0 Å². The Morgan fingerprint density at radius 1 is 1.50 bits per heavy atom. The number of hydrogen-bond donors (Lipinski definition) is 1. The van der Waals surface area contributed by atoms with Crippen molar-refractivity contribution in [1.29, 1.82) is 0 Å². The van der Waals surface area contributed by atoms with E-state index < -0.39 is 0 Å². The summed E-state index contributed by atoms with van der Waals surface area (Å²) in [6.45, 7) is 4.15. The van der Waals surface area contributed by atoms with Crippen LogP contribution in [-0.4, -0.2) is 18.6 Å². The largest absolute Gasteiger partial charge is 0.481 e. The second kappa shape index (κ2) is 6.38. The summed E-state index contributed by atoms with van der Waals surface area (Å²) in [6, 6.07) is 3.96. The maximum Gasteiger partial charge on any atom is 0.213 e. The number of rotatable bonds is 6. The fourth-order valence-corrected chi connectivity index (χ4v) is 1.21. The zero-order valence-corrected chi connectivity index (χ0v) is 8.92. The summed E-state index contributed by atoms with van der Waals surface area (Å²) in [7, 11) is 1.64. The Kier molecular flexibility index (Phi) is 5.00. The van der Waals surface area contributed by atoms with E-state index in [1.165, 1.54) is 18.4 Å². The highest BCUT2D eigenvalue weighted by Gasteiger charge is 1.95. The quantitative estimate of drug-likeness (QED) is 0.703. The zero-order chi connectivity index (χ0) is 10.2. The minimum Gasteiger partial charge on any atom is -0.481 e.